The van der Waals surface area contributed by atoms with E-state index < -0.39 is 12.3 Å². The van der Waals surface area contributed by atoms with Gasteiger partial charge in [-0.25, -0.2) is 0 Å². The summed E-state index contributed by atoms with van der Waals surface area (Å²) in [5.74, 6) is 2.15. The first-order valence-electron chi connectivity index (χ1n) is 10.2. The van der Waals surface area contributed by atoms with Crippen LogP contribution in [0.3, 0.4) is 0 Å². The van der Waals surface area contributed by atoms with Gasteiger partial charge in [-0.05, 0) is 53.9 Å². The van der Waals surface area contributed by atoms with Gasteiger partial charge in [0.15, 0.2) is 0 Å². The van der Waals surface area contributed by atoms with Crippen molar-refractivity contribution in [3.63, 3.8) is 0 Å². The average Bonchev–Trinajstić information content (AvgIpc) is 2.76. The van der Waals surface area contributed by atoms with Gasteiger partial charge in [-0.3, -0.25) is 0 Å². The molecule has 2 aliphatic heterocycles. The van der Waals surface area contributed by atoms with Crippen LogP contribution in [0.15, 0.2) is 102 Å². The minimum Gasteiger partial charge on any atom is -0.318 e. The second-order valence-electron chi connectivity index (χ2n) is 8.37. The highest BCUT2D eigenvalue weighted by atomic mass is 31.2. The molecule has 0 radical (unpaired) electrons. The van der Waals surface area contributed by atoms with E-state index in [1.54, 1.807) is 0 Å². The van der Waals surface area contributed by atoms with Crippen LogP contribution in [0.2, 0.25) is 0 Å². The minimum atomic E-state index is -2.74. The number of allylic oxidation sites excluding steroid dienone is 2. The van der Waals surface area contributed by atoms with Gasteiger partial charge in [0.1, 0.15) is 7.14 Å². The Morgan fingerprint density at radius 3 is 2.10 bits per heavy atom. The van der Waals surface area contributed by atoms with E-state index in [4.69, 9.17) is 0 Å². The molecule has 5 rings (SSSR count). The molecule has 2 atom stereocenters. The number of benzene rings is 3. The SMILES string of the molecule is CC1=C(C)CP2(=O)C=C(c3ccccc3)c3ccccc3C2(c2ccccc2)C1. The van der Waals surface area contributed by atoms with E-state index in [0.717, 1.165) is 17.6 Å². The Morgan fingerprint density at radius 1 is 0.759 bits per heavy atom. The summed E-state index contributed by atoms with van der Waals surface area (Å²) in [7, 11) is -2.74. The molecule has 0 aromatic heterocycles. The molecular formula is C27H25OP. The molecule has 144 valence electrons. The van der Waals surface area contributed by atoms with Crippen molar-refractivity contribution < 1.29 is 4.57 Å². The molecule has 3 aromatic carbocycles. The number of fused-ring (bicyclic) bond motifs is 3. The van der Waals surface area contributed by atoms with E-state index in [2.05, 4.69) is 92.5 Å². The van der Waals surface area contributed by atoms with E-state index in [1.165, 1.54) is 27.8 Å². The third-order valence-corrected chi connectivity index (χ3v) is 10.3. The third kappa shape index (κ3) is 2.65. The molecule has 0 spiro atoms. The molecule has 0 bridgehead atoms. The molecule has 2 heterocycles. The fourth-order valence-corrected chi connectivity index (χ4v) is 9.10. The topological polar surface area (TPSA) is 17.1 Å². The number of hydrogen-bond donors (Lipinski definition) is 0. The van der Waals surface area contributed by atoms with Crippen LogP contribution in [0.25, 0.3) is 5.57 Å². The van der Waals surface area contributed by atoms with Crippen molar-refractivity contribution in [2.24, 2.45) is 0 Å². The van der Waals surface area contributed by atoms with Crippen molar-refractivity contribution in [3.8, 4) is 0 Å². The molecule has 29 heavy (non-hydrogen) atoms. The summed E-state index contributed by atoms with van der Waals surface area (Å²) in [6.45, 7) is 4.36. The van der Waals surface area contributed by atoms with Crippen LogP contribution in [0.1, 0.15) is 42.5 Å². The Hall–Kier alpha value is -2.63. The maximum Gasteiger partial charge on any atom is 0.127 e. The Kier molecular flexibility index (Phi) is 4.26. The molecule has 0 N–H and O–H groups in total. The summed E-state index contributed by atoms with van der Waals surface area (Å²) in [5, 5.41) is -0.479. The maximum absolute atomic E-state index is 14.9. The van der Waals surface area contributed by atoms with Crippen LogP contribution in [0.4, 0.5) is 0 Å². The summed E-state index contributed by atoms with van der Waals surface area (Å²) in [5.41, 5.74) is 8.49. The molecule has 0 amide bonds. The van der Waals surface area contributed by atoms with Crippen molar-refractivity contribution >= 4 is 12.7 Å². The second kappa shape index (κ2) is 6.71. The first-order chi connectivity index (χ1) is 14.1. The quantitative estimate of drug-likeness (QED) is 0.325. The predicted octanol–water partition coefficient (Wildman–Crippen LogP) is 7.44. The molecule has 2 heteroatoms. The average molecular weight is 396 g/mol. The summed E-state index contributed by atoms with van der Waals surface area (Å²) >= 11 is 0. The Bertz CT molecular complexity index is 1190. The van der Waals surface area contributed by atoms with Crippen molar-refractivity contribution in [2.45, 2.75) is 25.4 Å². The molecule has 0 aliphatic carbocycles. The van der Waals surface area contributed by atoms with Crippen LogP contribution >= 0.6 is 7.14 Å². The van der Waals surface area contributed by atoms with E-state index in [9.17, 15) is 4.57 Å². The lowest BCUT2D eigenvalue weighted by Gasteiger charge is -2.48. The molecule has 2 aliphatic rings. The first kappa shape index (κ1) is 18.4. The predicted molar refractivity (Wildman–Crippen MR) is 123 cm³/mol. The first-order valence-corrected chi connectivity index (χ1v) is 12.2. The van der Waals surface area contributed by atoms with Crippen LogP contribution in [0.5, 0.6) is 0 Å². The summed E-state index contributed by atoms with van der Waals surface area (Å²) in [6, 6.07) is 29.5. The normalized spacial score (nSPS) is 25.8. The smallest absolute Gasteiger partial charge is 0.127 e. The van der Waals surface area contributed by atoms with E-state index in [1.807, 2.05) is 12.1 Å². The Morgan fingerprint density at radius 2 is 1.38 bits per heavy atom. The number of hydrogen-bond acceptors (Lipinski definition) is 1. The highest BCUT2D eigenvalue weighted by molar-refractivity contribution is 7.69. The zero-order chi connectivity index (χ0) is 20.1. The minimum absolute atomic E-state index is 0.479. The summed E-state index contributed by atoms with van der Waals surface area (Å²) in [4.78, 5) is 0. The van der Waals surface area contributed by atoms with E-state index in [0.29, 0.717) is 6.16 Å². The van der Waals surface area contributed by atoms with Crippen LogP contribution in [0, 0.1) is 0 Å². The van der Waals surface area contributed by atoms with Crippen molar-refractivity contribution in [1.29, 1.82) is 0 Å². The Balaban J connectivity index is 1.89. The molecule has 0 saturated heterocycles. The van der Waals surface area contributed by atoms with E-state index >= 15 is 0 Å². The van der Waals surface area contributed by atoms with Gasteiger partial charge >= 0.3 is 0 Å². The molecule has 1 nitrogen and oxygen atoms in total. The van der Waals surface area contributed by atoms with Crippen LogP contribution < -0.4 is 0 Å². The number of rotatable bonds is 2. The van der Waals surface area contributed by atoms with Crippen molar-refractivity contribution in [2.75, 3.05) is 6.16 Å². The van der Waals surface area contributed by atoms with Gasteiger partial charge in [0.2, 0.25) is 0 Å². The summed E-state index contributed by atoms with van der Waals surface area (Å²) < 4.78 is 14.9. The van der Waals surface area contributed by atoms with Gasteiger partial charge in [-0.1, -0.05) is 96.1 Å². The highest BCUT2D eigenvalue weighted by Gasteiger charge is 2.54. The highest BCUT2D eigenvalue weighted by Crippen LogP contribution is 2.75. The lowest BCUT2D eigenvalue weighted by molar-refractivity contribution is 0.541. The van der Waals surface area contributed by atoms with Crippen LogP contribution in [-0.2, 0) is 9.72 Å². The largest absolute Gasteiger partial charge is 0.318 e. The van der Waals surface area contributed by atoms with Gasteiger partial charge in [0.05, 0.1) is 5.16 Å². The fraction of sp³-hybridized carbons (Fsp3) is 0.185. The lowest BCUT2D eigenvalue weighted by atomic mass is 9.79. The molecule has 0 fully saturated rings. The summed E-state index contributed by atoms with van der Waals surface area (Å²) in [6.07, 6.45) is 1.47. The third-order valence-electron chi connectivity index (χ3n) is 6.70. The van der Waals surface area contributed by atoms with Crippen LogP contribution in [-0.4, -0.2) is 6.16 Å². The van der Waals surface area contributed by atoms with Crippen molar-refractivity contribution in [3.05, 3.63) is 124 Å². The Labute approximate surface area is 173 Å². The molecule has 3 aromatic rings. The van der Waals surface area contributed by atoms with Gasteiger partial charge in [-0.15, -0.1) is 0 Å². The molecule has 2 unspecified atom stereocenters. The zero-order valence-electron chi connectivity index (χ0n) is 16.9. The maximum atomic E-state index is 14.9. The molecular weight excluding hydrogens is 371 g/mol. The van der Waals surface area contributed by atoms with Gasteiger partial charge < -0.3 is 4.57 Å². The van der Waals surface area contributed by atoms with E-state index in [-0.39, 0.29) is 0 Å². The monoisotopic (exact) mass is 396 g/mol. The van der Waals surface area contributed by atoms with Crippen molar-refractivity contribution in [1.82, 2.24) is 0 Å². The second-order valence-corrected chi connectivity index (χ2v) is 11.3. The lowest BCUT2D eigenvalue weighted by Crippen LogP contribution is -2.35. The molecule has 0 saturated carbocycles. The standard InChI is InChI=1S/C27H25OP/c1-20-17-27(23-13-7-4-8-14-23)26-16-10-9-15-24(26)25(22-11-5-3-6-12-22)19-29(27,28)18-21(20)2/h3-16,19H,17-18H2,1-2H3. The van der Waals surface area contributed by atoms with Gasteiger partial charge in [0, 0.05) is 6.16 Å². The van der Waals surface area contributed by atoms with Gasteiger partial charge in [-0.2, -0.15) is 0 Å². The fourth-order valence-electron chi connectivity index (χ4n) is 5.14. The van der Waals surface area contributed by atoms with Gasteiger partial charge in [0.25, 0.3) is 0 Å². The zero-order valence-corrected chi connectivity index (χ0v) is 17.8.